The van der Waals surface area contributed by atoms with Gasteiger partial charge in [-0.25, -0.2) is 4.79 Å². The van der Waals surface area contributed by atoms with Gasteiger partial charge in [0.25, 0.3) is 0 Å². The first-order valence-corrected chi connectivity index (χ1v) is 4.68. The van der Waals surface area contributed by atoms with Crippen molar-refractivity contribution in [1.82, 2.24) is 0 Å². The van der Waals surface area contributed by atoms with Gasteiger partial charge < -0.3 is 9.84 Å². The molecule has 2 N–H and O–H groups in total. The standard InChI is InChI=1S/C8H8N2O3S/c9-5-6-1-4-14-7(6)10-8(12)13-3-2-11/h1,4,11H,2-3H2,(H,10,12). The summed E-state index contributed by atoms with van der Waals surface area (Å²) in [6.45, 7) is -0.276. The van der Waals surface area contributed by atoms with E-state index in [1.807, 2.05) is 6.07 Å². The van der Waals surface area contributed by atoms with E-state index in [0.29, 0.717) is 10.6 Å². The van der Waals surface area contributed by atoms with Crippen LogP contribution in [0.2, 0.25) is 0 Å². The zero-order chi connectivity index (χ0) is 10.4. The zero-order valence-electron chi connectivity index (χ0n) is 7.19. The molecule has 0 fully saturated rings. The first kappa shape index (κ1) is 10.5. The average Bonchev–Trinajstić information content (AvgIpc) is 2.62. The Balaban J connectivity index is 2.52. The third-order valence-corrected chi connectivity index (χ3v) is 2.16. The van der Waals surface area contributed by atoms with Gasteiger partial charge in [-0.15, -0.1) is 11.3 Å². The van der Waals surface area contributed by atoms with Crippen LogP contribution in [0, 0.1) is 11.3 Å². The molecule has 0 saturated carbocycles. The van der Waals surface area contributed by atoms with E-state index in [1.165, 1.54) is 11.3 Å². The molecule has 0 radical (unpaired) electrons. The van der Waals surface area contributed by atoms with Crippen LogP contribution in [0.25, 0.3) is 0 Å². The summed E-state index contributed by atoms with van der Waals surface area (Å²) in [5, 5.41) is 21.6. The van der Waals surface area contributed by atoms with Gasteiger partial charge in [-0.1, -0.05) is 0 Å². The molecule has 1 aromatic rings. The molecule has 0 aromatic carbocycles. The number of thiophene rings is 1. The van der Waals surface area contributed by atoms with Gasteiger partial charge in [-0.2, -0.15) is 5.26 Å². The molecule has 0 aliphatic carbocycles. The van der Waals surface area contributed by atoms with Crippen molar-refractivity contribution in [3.05, 3.63) is 17.0 Å². The van der Waals surface area contributed by atoms with Crippen molar-refractivity contribution in [2.45, 2.75) is 0 Å². The molecule has 0 unspecified atom stereocenters. The van der Waals surface area contributed by atoms with E-state index in [0.717, 1.165) is 0 Å². The summed E-state index contributed by atoms with van der Waals surface area (Å²) in [5.41, 5.74) is 0.399. The summed E-state index contributed by atoms with van der Waals surface area (Å²) >= 11 is 1.24. The minimum absolute atomic E-state index is 0.0565. The number of rotatable bonds is 3. The molecule has 0 saturated heterocycles. The van der Waals surface area contributed by atoms with Crippen molar-refractivity contribution in [2.75, 3.05) is 18.5 Å². The Kier molecular flexibility index (Phi) is 3.91. The first-order chi connectivity index (χ1) is 6.77. The third kappa shape index (κ3) is 2.73. The van der Waals surface area contributed by atoms with Crippen molar-refractivity contribution < 1.29 is 14.6 Å². The lowest BCUT2D eigenvalue weighted by molar-refractivity contribution is 0.131. The molecule has 1 rings (SSSR count). The van der Waals surface area contributed by atoms with Crippen LogP contribution in [0.15, 0.2) is 11.4 Å². The predicted octanol–water partition coefficient (Wildman–Crippen LogP) is 1.16. The number of nitriles is 1. The highest BCUT2D eigenvalue weighted by atomic mass is 32.1. The number of amides is 1. The second kappa shape index (κ2) is 5.21. The summed E-state index contributed by atoms with van der Waals surface area (Å²) in [5.74, 6) is 0. The Morgan fingerprint density at radius 2 is 2.57 bits per heavy atom. The minimum Gasteiger partial charge on any atom is -0.447 e. The molecule has 6 heteroatoms. The van der Waals surface area contributed by atoms with Gasteiger partial charge in [-0.3, -0.25) is 5.32 Å². The molecule has 74 valence electrons. The highest BCUT2D eigenvalue weighted by Gasteiger charge is 2.07. The lowest BCUT2D eigenvalue weighted by atomic mass is 10.3. The summed E-state index contributed by atoms with van der Waals surface area (Å²) < 4.78 is 4.56. The van der Waals surface area contributed by atoms with Gasteiger partial charge >= 0.3 is 6.09 Å². The monoisotopic (exact) mass is 212 g/mol. The highest BCUT2D eigenvalue weighted by molar-refractivity contribution is 7.14. The van der Waals surface area contributed by atoms with Gasteiger partial charge in [0.15, 0.2) is 0 Å². The fourth-order valence-corrected chi connectivity index (χ4v) is 1.48. The van der Waals surface area contributed by atoms with Crippen molar-refractivity contribution in [3.63, 3.8) is 0 Å². The maximum absolute atomic E-state index is 11.0. The molecule has 0 aliphatic rings. The summed E-state index contributed by atoms with van der Waals surface area (Å²) in [6.07, 6.45) is -0.669. The number of aliphatic hydroxyl groups excluding tert-OH is 1. The number of anilines is 1. The Hall–Kier alpha value is -1.58. The molecule has 1 heterocycles. The topological polar surface area (TPSA) is 82.4 Å². The van der Waals surface area contributed by atoms with Gasteiger partial charge in [0.05, 0.1) is 12.2 Å². The van der Waals surface area contributed by atoms with Gasteiger partial charge in [0.2, 0.25) is 0 Å². The molecule has 0 aliphatic heterocycles. The van der Waals surface area contributed by atoms with Gasteiger partial charge in [0, 0.05) is 0 Å². The van der Waals surface area contributed by atoms with E-state index in [-0.39, 0.29) is 13.2 Å². The third-order valence-electron chi connectivity index (χ3n) is 1.33. The van der Waals surface area contributed by atoms with Crippen LogP contribution in [0.4, 0.5) is 9.80 Å². The lowest BCUT2D eigenvalue weighted by Crippen LogP contribution is -2.15. The maximum Gasteiger partial charge on any atom is 0.412 e. The molecular weight excluding hydrogens is 204 g/mol. The average molecular weight is 212 g/mol. The van der Waals surface area contributed by atoms with Crippen LogP contribution in [-0.2, 0) is 4.74 Å². The van der Waals surface area contributed by atoms with Crippen LogP contribution in [0.3, 0.4) is 0 Å². The second-order valence-corrected chi connectivity index (χ2v) is 3.18. The Bertz CT molecular complexity index is 356. The molecular formula is C8H8N2O3S. The van der Waals surface area contributed by atoms with Crippen molar-refractivity contribution in [2.24, 2.45) is 0 Å². The molecule has 0 bridgehead atoms. The largest absolute Gasteiger partial charge is 0.447 e. The SMILES string of the molecule is N#Cc1ccsc1NC(=O)OCCO. The van der Waals surface area contributed by atoms with E-state index in [1.54, 1.807) is 11.4 Å². The van der Waals surface area contributed by atoms with E-state index in [4.69, 9.17) is 10.4 Å². The smallest absolute Gasteiger partial charge is 0.412 e. The van der Waals surface area contributed by atoms with E-state index >= 15 is 0 Å². The van der Waals surface area contributed by atoms with Gasteiger partial charge in [-0.05, 0) is 11.4 Å². The fourth-order valence-electron chi connectivity index (χ4n) is 0.761. The highest BCUT2D eigenvalue weighted by Crippen LogP contribution is 2.21. The Labute approximate surface area is 84.5 Å². The van der Waals surface area contributed by atoms with Crippen LogP contribution in [-0.4, -0.2) is 24.4 Å². The lowest BCUT2D eigenvalue weighted by Gasteiger charge is -2.03. The number of hydrogen-bond donors (Lipinski definition) is 2. The summed E-state index contributed by atoms with van der Waals surface area (Å²) in [6, 6.07) is 3.53. The van der Waals surface area contributed by atoms with Crippen LogP contribution < -0.4 is 5.32 Å². The second-order valence-electron chi connectivity index (χ2n) is 2.26. The van der Waals surface area contributed by atoms with Crippen molar-refractivity contribution >= 4 is 22.4 Å². The molecule has 5 nitrogen and oxygen atoms in total. The van der Waals surface area contributed by atoms with Crippen LogP contribution >= 0.6 is 11.3 Å². The number of ether oxygens (including phenoxy) is 1. The Morgan fingerprint density at radius 1 is 1.79 bits per heavy atom. The van der Waals surface area contributed by atoms with E-state index < -0.39 is 6.09 Å². The molecule has 0 spiro atoms. The zero-order valence-corrected chi connectivity index (χ0v) is 8.00. The number of nitrogens with zero attached hydrogens (tertiary/aromatic N) is 1. The molecule has 0 atom stereocenters. The van der Waals surface area contributed by atoms with E-state index in [2.05, 4.69) is 10.1 Å². The Morgan fingerprint density at radius 3 is 3.21 bits per heavy atom. The molecule has 14 heavy (non-hydrogen) atoms. The van der Waals surface area contributed by atoms with Gasteiger partial charge in [0.1, 0.15) is 17.7 Å². The number of carbonyl (C=O) groups is 1. The number of carbonyl (C=O) groups excluding carboxylic acids is 1. The van der Waals surface area contributed by atoms with Crippen LogP contribution in [0.5, 0.6) is 0 Å². The summed E-state index contributed by atoms with van der Waals surface area (Å²) in [4.78, 5) is 11.0. The maximum atomic E-state index is 11.0. The van der Waals surface area contributed by atoms with Crippen molar-refractivity contribution in [1.29, 1.82) is 5.26 Å². The number of aliphatic hydroxyl groups is 1. The fraction of sp³-hybridized carbons (Fsp3) is 0.250. The number of hydrogen-bond acceptors (Lipinski definition) is 5. The van der Waals surface area contributed by atoms with E-state index in [9.17, 15) is 4.79 Å². The van der Waals surface area contributed by atoms with Crippen molar-refractivity contribution in [3.8, 4) is 6.07 Å². The van der Waals surface area contributed by atoms with Crippen LogP contribution in [0.1, 0.15) is 5.56 Å². The molecule has 1 aromatic heterocycles. The normalized spacial score (nSPS) is 9.14. The number of nitrogens with one attached hydrogen (secondary N) is 1. The summed E-state index contributed by atoms with van der Waals surface area (Å²) in [7, 11) is 0. The predicted molar refractivity (Wildman–Crippen MR) is 51.1 cm³/mol. The molecule has 1 amide bonds. The quantitative estimate of drug-likeness (QED) is 0.787. The first-order valence-electron chi connectivity index (χ1n) is 3.80. The minimum atomic E-state index is -0.669.